The van der Waals surface area contributed by atoms with Crippen molar-refractivity contribution in [3.63, 3.8) is 0 Å². The van der Waals surface area contributed by atoms with Gasteiger partial charge >= 0.3 is 6.09 Å². The molecule has 0 saturated carbocycles. The van der Waals surface area contributed by atoms with E-state index in [0.717, 1.165) is 41.0 Å². The van der Waals surface area contributed by atoms with Gasteiger partial charge in [-0.3, -0.25) is 0 Å². The maximum Gasteiger partial charge on any atom is 0.407 e. The number of halogens is 1. The average molecular weight is 471 g/mol. The number of anilines is 1. The Balaban J connectivity index is 1.55. The number of ether oxygens (including phenoxy) is 1. The number of amides is 1. The lowest BCUT2D eigenvalue weighted by molar-refractivity contribution is 0.0509. The lowest BCUT2D eigenvalue weighted by Gasteiger charge is -2.22. The van der Waals surface area contributed by atoms with Gasteiger partial charge in [0.15, 0.2) is 0 Å². The summed E-state index contributed by atoms with van der Waals surface area (Å²) in [5.74, 6) is 0.938. The first-order valence-corrected chi connectivity index (χ1v) is 11.0. The van der Waals surface area contributed by atoms with E-state index in [0.29, 0.717) is 6.54 Å². The number of alkyl carbamates (subject to hydrolysis) is 1. The van der Waals surface area contributed by atoms with Crippen LogP contribution >= 0.6 is 15.9 Å². The van der Waals surface area contributed by atoms with Crippen LogP contribution in [0.5, 0.6) is 0 Å². The number of imidazole rings is 1. The Morgan fingerprint density at radius 3 is 2.67 bits per heavy atom. The quantitative estimate of drug-likeness (QED) is 0.585. The van der Waals surface area contributed by atoms with Gasteiger partial charge in [0.05, 0.1) is 23.6 Å². The zero-order chi connectivity index (χ0) is 21.3. The molecular weight excluding hydrogens is 444 g/mol. The molecule has 0 aliphatic carbocycles. The molecule has 30 heavy (non-hydrogen) atoms. The van der Waals surface area contributed by atoms with Gasteiger partial charge in [-0.25, -0.2) is 9.78 Å². The maximum absolute atomic E-state index is 12.2. The summed E-state index contributed by atoms with van der Waals surface area (Å²) in [5, 5.41) is 3.00. The van der Waals surface area contributed by atoms with E-state index in [4.69, 9.17) is 9.72 Å². The fourth-order valence-corrected chi connectivity index (χ4v) is 4.03. The lowest BCUT2D eigenvalue weighted by Crippen LogP contribution is -2.40. The molecule has 7 heteroatoms. The number of hydrogen-bond donors (Lipinski definition) is 1. The Hall–Kier alpha value is -2.54. The van der Waals surface area contributed by atoms with Crippen molar-refractivity contribution in [2.24, 2.45) is 0 Å². The predicted molar refractivity (Wildman–Crippen MR) is 123 cm³/mol. The van der Waals surface area contributed by atoms with Crippen LogP contribution in [0.4, 0.5) is 10.7 Å². The summed E-state index contributed by atoms with van der Waals surface area (Å²) in [6.07, 6.45) is 0.499. The van der Waals surface area contributed by atoms with Gasteiger partial charge in [0.25, 0.3) is 0 Å². The van der Waals surface area contributed by atoms with E-state index in [-0.39, 0.29) is 12.1 Å². The number of nitrogens with one attached hydrogen (secondary N) is 1. The van der Waals surface area contributed by atoms with Crippen LogP contribution in [0.1, 0.15) is 32.8 Å². The Kier molecular flexibility index (Phi) is 5.73. The second-order valence-corrected chi connectivity index (χ2v) is 9.61. The van der Waals surface area contributed by atoms with Gasteiger partial charge in [-0.2, -0.15) is 0 Å². The van der Waals surface area contributed by atoms with Gasteiger partial charge in [-0.1, -0.05) is 40.2 Å². The second kappa shape index (κ2) is 8.30. The van der Waals surface area contributed by atoms with Crippen molar-refractivity contribution >= 4 is 39.0 Å². The van der Waals surface area contributed by atoms with Crippen molar-refractivity contribution in [2.75, 3.05) is 18.0 Å². The van der Waals surface area contributed by atoms with Gasteiger partial charge in [0.1, 0.15) is 5.60 Å². The van der Waals surface area contributed by atoms with Gasteiger partial charge in [-0.05, 0) is 57.0 Å². The van der Waals surface area contributed by atoms with E-state index in [2.05, 4.69) is 61.0 Å². The van der Waals surface area contributed by atoms with E-state index in [1.165, 1.54) is 5.56 Å². The molecule has 6 nitrogen and oxygen atoms in total. The largest absolute Gasteiger partial charge is 0.444 e. The van der Waals surface area contributed by atoms with Crippen LogP contribution < -0.4 is 10.2 Å². The third-order valence-electron chi connectivity index (χ3n) is 5.08. The summed E-state index contributed by atoms with van der Waals surface area (Å²) >= 11 is 3.50. The first kappa shape index (κ1) is 20.7. The van der Waals surface area contributed by atoms with Crippen molar-refractivity contribution in [1.82, 2.24) is 14.9 Å². The molecule has 1 unspecified atom stereocenters. The van der Waals surface area contributed by atoms with Crippen LogP contribution in [-0.2, 0) is 11.3 Å². The smallest absolute Gasteiger partial charge is 0.407 e. The molecule has 1 aromatic heterocycles. The van der Waals surface area contributed by atoms with Gasteiger partial charge in [0, 0.05) is 17.6 Å². The molecule has 1 saturated heterocycles. The van der Waals surface area contributed by atoms with E-state index in [9.17, 15) is 4.79 Å². The fraction of sp³-hybridized carbons (Fsp3) is 0.391. The number of hydrogen-bond acceptors (Lipinski definition) is 4. The number of nitrogens with zero attached hydrogens (tertiary/aromatic N) is 3. The molecule has 0 spiro atoms. The summed E-state index contributed by atoms with van der Waals surface area (Å²) in [7, 11) is 0. The van der Waals surface area contributed by atoms with Crippen LogP contribution in [0, 0.1) is 0 Å². The molecule has 1 amide bonds. The minimum absolute atomic E-state index is 0.0424. The molecule has 0 radical (unpaired) electrons. The SMILES string of the molecule is CC(C)(C)OC(=O)NC1CCN(c2nc3ccccc3n2Cc2ccc(Br)cc2)C1. The van der Waals surface area contributed by atoms with Crippen molar-refractivity contribution in [2.45, 2.75) is 45.4 Å². The monoisotopic (exact) mass is 470 g/mol. The highest BCUT2D eigenvalue weighted by Crippen LogP contribution is 2.27. The number of carbonyl (C=O) groups is 1. The summed E-state index contributed by atoms with van der Waals surface area (Å²) in [6.45, 7) is 7.91. The third kappa shape index (κ3) is 4.78. The predicted octanol–water partition coefficient (Wildman–Crippen LogP) is 4.95. The minimum atomic E-state index is -0.499. The van der Waals surface area contributed by atoms with Crippen LogP contribution in [0.2, 0.25) is 0 Å². The van der Waals surface area contributed by atoms with E-state index < -0.39 is 5.60 Å². The fourth-order valence-electron chi connectivity index (χ4n) is 3.77. The highest BCUT2D eigenvalue weighted by molar-refractivity contribution is 9.10. The summed E-state index contributed by atoms with van der Waals surface area (Å²) in [4.78, 5) is 19.3. The van der Waals surface area contributed by atoms with Crippen LogP contribution in [0.25, 0.3) is 11.0 Å². The molecule has 1 N–H and O–H groups in total. The molecular formula is C23H27BrN4O2. The van der Waals surface area contributed by atoms with Crippen molar-refractivity contribution < 1.29 is 9.53 Å². The van der Waals surface area contributed by atoms with Gasteiger partial charge in [-0.15, -0.1) is 0 Å². The van der Waals surface area contributed by atoms with Crippen molar-refractivity contribution in [3.8, 4) is 0 Å². The molecule has 1 atom stereocenters. The minimum Gasteiger partial charge on any atom is -0.444 e. The highest BCUT2D eigenvalue weighted by atomic mass is 79.9. The van der Waals surface area contributed by atoms with Crippen LogP contribution in [-0.4, -0.2) is 40.4 Å². The first-order chi connectivity index (χ1) is 14.3. The standard InChI is InChI=1S/C23H27BrN4O2/c1-23(2,3)30-22(29)25-18-12-13-27(15-18)21-26-19-6-4-5-7-20(19)28(21)14-16-8-10-17(24)11-9-16/h4-11,18H,12-15H2,1-3H3,(H,25,29). The number of aromatic nitrogens is 2. The number of benzene rings is 2. The zero-order valence-electron chi connectivity index (χ0n) is 17.6. The normalized spacial score (nSPS) is 16.8. The van der Waals surface area contributed by atoms with Gasteiger partial charge < -0.3 is 19.5 Å². The van der Waals surface area contributed by atoms with Crippen LogP contribution in [0.15, 0.2) is 53.0 Å². The maximum atomic E-state index is 12.2. The Morgan fingerprint density at radius 2 is 1.93 bits per heavy atom. The topological polar surface area (TPSA) is 59.4 Å². The number of para-hydroxylation sites is 2. The molecule has 1 fully saturated rings. The molecule has 1 aliphatic heterocycles. The average Bonchev–Trinajstić information content (AvgIpc) is 3.27. The number of fused-ring (bicyclic) bond motifs is 1. The first-order valence-electron chi connectivity index (χ1n) is 10.2. The van der Waals surface area contributed by atoms with Crippen molar-refractivity contribution in [1.29, 1.82) is 0 Å². The summed E-state index contributed by atoms with van der Waals surface area (Å²) in [5.41, 5.74) is 2.80. The zero-order valence-corrected chi connectivity index (χ0v) is 19.1. The Bertz CT molecular complexity index is 1040. The van der Waals surface area contributed by atoms with Gasteiger partial charge in [0.2, 0.25) is 5.95 Å². The molecule has 3 aromatic rings. The third-order valence-corrected chi connectivity index (χ3v) is 5.61. The van der Waals surface area contributed by atoms with E-state index in [1.54, 1.807) is 0 Å². The molecule has 2 aromatic carbocycles. The Morgan fingerprint density at radius 1 is 1.20 bits per heavy atom. The number of rotatable bonds is 4. The van der Waals surface area contributed by atoms with E-state index in [1.807, 2.05) is 39.0 Å². The molecule has 4 rings (SSSR count). The summed E-state index contributed by atoms with van der Waals surface area (Å²) in [6, 6.07) is 16.6. The summed E-state index contributed by atoms with van der Waals surface area (Å²) < 4.78 is 8.73. The van der Waals surface area contributed by atoms with Crippen LogP contribution in [0.3, 0.4) is 0 Å². The number of carbonyl (C=O) groups excluding carboxylic acids is 1. The lowest BCUT2D eigenvalue weighted by atomic mass is 10.2. The molecule has 0 bridgehead atoms. The molecule has 2 heterocycles. The highest BCUT2D eigenvalue weighted by Gasteiger charge is 2.29. The molecule has 158 valence electrons. The van der Waals surface area contributed by atoms with Crippen molar-refractivity contribution in [3.05, 3.63) is 58.6 Å². The Labute approximate surface area is 185 Å². The van der Waals surface area contributed by atoms with E-state index >= 15 is 0 Å². The second-order valence-electron chi connectivity index (χ2n) is 8.69. The molecule has 1 aliphatic rings.